The number of hydrogen-bond acceptors (Lipinski definition) is 4. The van der Waals surface area contributed by atoms with Gasteiger partial charge in [0.05, 0.1) is 20.6 Å². The van der Waals surface area contributed by atoms with Gasteiger partial charge in [0.1, 0.15) is 19.2 Å². The molecule has 0 aliphatic rings. The van der Waals surface area contributed by atoms with E-state index in [9.17, 15) is 20.1 Å². The first-order valence-corrected chi connectivity index (χ1v) is 9.64. The molecule has 2 N–H and O–H groups in total. The molecule has 0 bridgehead atoms. The van der Waals surface area contributed by atoms with Gasteiger partial charge in [0.25, 0.3) is 0 Å². The van der Waals surface area contributed by atoms with Gasteiger partial charge in [-0.15, -0.1) is 0 Å². The number of rotatable bonds is 16. The Morgan fingerprint density at radius 3 is 1.54 bits per heavy atom. The highest BCUT2D eigenvalue weighted by Crippen LogP contribution is 2.22. The van der Waals surface area contributed by atoms with Crippen LogP contribution in [0, 0.1) is 0 Å². The van der Waals surface area contributed by atoms with Crippen LogP contribution in [0.15, 0.2) is 0 Å². The third-order valence-electron chi connectivity index (χ3n) is 5.38. The summed E-state index contributed by atoms with van der Waals surface area (Å²) in [7, 11) is 3.47. The molecule has 144 valence electrons. The van der Waals surface area contributed by atoms with Gasteiger partial charge in [-0.3, -0.25) is 0 Å². The summed E-state index contributed by atoms with van der Waals surface area (Å²) in [6, 6.07) is 0. The maximum absolute atomic E-state index is 11.4. The SMILES string of the molecule is CCCCCCCCCCCCC[N+](C)(C)C(CO)(CO)C(=O)[O-]. The standard InChI is InChI=1S/C19H39NO4/c1-4-5-6-7-8-9-10-11-12-13-14-15-20(2,3)19(16-21,17-22)18(23)24/h21-22H,4-17H2,1-3H3. The second-order valence-electron chi connectivity index (χ2n) is 7.58. The van der Waals surface area contributed by atoms with Crippen molar-refractivity contribution in [2.75, 3.05) is 33.9 Å². The van der Waals surface area contributed by atoms with Gasteiger partial charge in [0.2, 0.25) is 0 Å². The van der Waals surface area contributed by atoms with Gasteiger partial charge in [-0.2, -0.15) is 0 Å². The van der Waals surface area contributed by atoms with Crippen LogP contribution in [0.5, 0.6) is 0 Å². The molecule has 0 saturated heterocycles. The molecule has 0 aliphatic heterocycles. The molecule has 24 heavy (non-hydrogen) atoms. The van der Waals surface area contributed by atoms with Crippen LogP contribution in [-0.2, 0) is 4.79 Å². The molecule has 0 amide bonds. The number of aliphatic hydroxyl groups excluding tert-OH is 2. The third kappa shape index (κ3) is 7.49. The molecule has 0 saturated carbocycles. The molecule has 5 heteroatoms. The van der Waals surface area contributed by atoms with E-state index in [1.54, 1.807) is 14.1 Å². The summed E-state index contributed by atoms with van der Waals surface area (Å²) < 4.78 is 0.0414. The van der Waals surface area contributed by atoms with Crippen molar-refractivity contribution in [3.63, 3.8) is 0 Å². The molecule has 0 atom stereocenters. The molecule has 0 rings (SSSR count). The topological polar surface area (TPSA) is 80.6 Å². The summed E-state index contributed by atoms with van der Waals surface area (Å²) >= 11 is 0. The normalized spacial score (nSPS) is 12.5. The van der Waals surface area contributed by atoms with Crippen molar-refractivity contribution in [2.24, 2.45) is 0 Å². The monoisotopic (exact) mass is 345 g/mol. The molecule has 0 heterocycles. The Labute approximate surface area is 148 Å². The summed E-state index contributed by atoms with van der Waals surface area (Å²) in [6.45, 7) is 1.61. The van der Waals surface area contributed by atoms with E-state index in [-0.39, 0.29) is 4.48 Å². The number of carbonyl (C=O) groups excluding carboxylic acids is 1. The third-order valence-corrected chi connectivity index (χ3v) is 5.38. The lowest BCUT2D eigenvalue weighted by Gasteiger charge is -2.47. The molecule has 0 aromatic heterocycles. The number of carbonyl (C=O) groups is 1. The van der Waals surface area contributed by atoms with E-state index in [1.807, 2.05) is 0 Å². The summed E-state index contributed by atoms with van der Waals surface area (Å²) in [5, 5.41) is 30.3. The second-order valence-corrected chi connectivity index (χ2v) is 7.58. The first-order valence-electron chi connectivity index (χ1n) is 9.64. The Kier molecular flexibility index (Phi) is 12.3. The summed E-state index contributed by atoms with van der Waals surface area (Å²) in [5.41, 5.74) is -1.63. The Morgan fingerprint density at radius 2 is 1.21 bits per heavy atom. The van der Waals surface area contributed by atoms with Gasteiger partial charge in [-0.25, -0.2) is 0 Å². The summed E-state index contributed by atoms with van der Waals surface area (Å²) in [4.78, 5) is 11.4. The number of carboxylic acid groups (broad SMARTS) is 1. The zero-order chi connectivity index (χ0) is 18.5. The van der Waals surface area contributed by atoms with E-state index in [2.05, 4.69) is 6.92 Å². The van der Waals surface area contributed by atoms with Crippen molar-refractivity contribution >= 4 is 5.97 Å². The van der Waals surface area contributed by atoms with E-state index >= 15 is 0 Å². The fraction of sp³-hybridized carbons (Fsp3) is 0.947. The molecule has 0 aliphatic carbocycles. The van der Waals surface area contributed by atoms with Crippen LogP contribution in [0.1, 0.15) is 77.6 Å². The number of quaternary nitrogens is 1. The molecular weight excluding hydrogens is 306 g/mol. The highest BCUT2D eigenvalue weighted by Gasteiger charge is 2.46. The first-order chi connectivity index (χ1) is 11.4. The van der Waals surface area contributed by atoms with Crippen LogP contribution in [0.2, 0.25) is 0 Å². The highest BCUT2D eigenvalue weighted by molar-refractivity contribution is 5.75. The van der Waals surface area contributed by atoms with Crippen molar-refractivity contribution in [1.29, 1.82) is 0 Å². The van der Waals surface area contributed by atoms with Gasteiger partial charge in [-0.1, -0.05) is 64.7 Å². The lowest BCUT2D eigenvalue weighted by molar-refractivity contribution is -0.935. The Balaban J connectivity index is 3.88. The zero-order valence-electron chi connectivity index (χ0n) is 16.1. The minimum Gasteiger partial charge on any atom is -0.544 e. The molecule has 0 radical (unpaired) electrons. The predicted octanol–water partition coefficient (Wildman–Crippen LogP) is 1.85. The van der Waals surface area contributed by atoms with Crippen LogP contribution >= 0.6 is 0 Å². The fourth-order valence-corrected chi connectivity index (χ4v) is 3.19. The molecular formula is C19H39NO4. The maximum atomic E-state index is 11.4. The first kappa shape index (κ1) is 23.4. The fourth-order valence-electron chi connectivity index (χ4n) is 3.19. The minimum absolute atomic E-state index is 0.0414. The van der Waals surface area contributed by atoms with E-state index in [1.165, 1.54) is 51.4 Å². The van der Waals surface area contributed by atoms with Crippen molar-refractivity contribution in [3.05, 3.63) is 0 Å². The number of aliphatic carboxylic acids is 1. The highest BCUT2D eigenvalue weighted by atomic mass is 16.4. The van der Waals surface area contributed by atoms with E-state index < -0.39 is 24.7 Å². The van der Waals surface area contributed by atoms with Crippen molar-refractivity contribution in [1.82, 2.24) is 0 Å². The average molecular weight is 346 g/mol. The molecule has 0 unspecified atom stereocenters. The molecule has 0 aromatic rings. The smallest absolute Gasteiger partial charge is 0.185 e. The van der Waals surface area contributed by atoms with Crippen LogP contribution in [0.25, 0.3) is 0 Å². The molecule has 5 nitrogen and oxygen atoms in total. The van der Waals surface area contributed by atoms with E-state index in [0.29, 0.717) is 6.54 Å². The van der Waals surface area contributed by atoms with E-state index in [4.69, 9.17) is 0 Å². The van der Waals surface area contributed by atoms with Gasteiger partial charge in [0, 0.05) is 0 Å². The second kappa shape index (κ2) is 12.7. The van der Waals surface area contributed by atoms with Crippen molar-refractivity contribution in [3.8, 4) is 0 Å². The van der Waals surface area contributed by atoms with Crippen LogP contribution in [0.3, 0.4) is 0 Å². The Bertz CT molecular complexity index is 327. The number of likely N-dealkylation sites (N-methyl/N-ethyl adjacent to an activating group) is 1. The lowest BCUT2D eigenvalue weighted by atomic mass is 9.96. The quantitative estimate of drug-likeness (QED) is 0.330. The number of unbranched alkanes of at least 4 members (excludes halogenated alkanes) is 10. The molecule has 0 fully saturated rings. The number of nitrogens with zero attached hydrogens (tertiary/aromatic N) is 1. The van der Waals surface area contributed by atoms with Crippen molar-refractivity contribution < 1.29 is 24.6 Å². The van der Waals surface area contributed by atoms with Crippen LogP contribution in [0.4, 0.5) is 0 Å². The minimum atomic E-state index is -1.63. The van der Waals surface area contributed by atoms with Crippen molar-refractivity contribution in [2.45, 2.75) is 83.1 Å². The Morgan fingerprint density at radius 1 is 0.833 bits per heavy atom. The summed E-state index contributed by atoms with van der Waals surface area (Å²) in [5.74, 6) is -1.39. The van der Waals surface area contributed by atoms with Gasteiger partial charge in [-0.05, 0) is 12.8 Å². The van der Waals surface area contributed by atoms with Gasteiger partial charge in [0.15, 0.2) is 5.54 Å². The number of aliphatic hydroxyl groups is 2. The Hall–Kier alpha value is -0.650. The number of carboxylic acids is 1. The maximum Gasteiger partial charge on any atom is 0.185 e. The zero-order valence-corrected chi connectivity index (χ0v) is 16.1. The van der Waals surface area contributed by atoms with Gasteiger partial charge < -0.3 is 24.6 Å². The predicted molar refractivity (Wildman–Crippen MR) is 95.3 cm³/mol. The molecule has 0 aromatic carbocycles. The molecule has 0 spiro atoms. The van der Waals surface area contributed by atoms with Gasteiger partial charge >= 0.3 is 0 Å². The average Bonchev–Trinajstić information content (AvgIpc) is 2.53. The number of hydrogen-bond donors (Lipinski definition) is 2. The van der Waals surface area contributed by atoms with Crippen LogP contribution < -0.4 is 5.11 Å². The van der Waals surface area contributed by atoms with Crippen LogP contribution in [-0.4, -0.2) is 60.1 Å². The largest absolute Gasteiger partial charge is 0.544 e. The van der Waals surface area contributed by atoms with E-state index in [0.717, 1.165) is 19.3 Å². The lowest BCUT2D eigenvalue weighted by Crippen LogP contribution is -2.72. The summed E-state index contributed by atoms with van der Waals surface area (Å²) in [6.07, 6.45) is 13.6.